The first-order valence-corrected chi connectivity index (χ1v) is 8.13. The molecule has 2 rings (SSSR count). The van der Waals surface area contributed by atoms with E-state index in [9.17, 15) is 4.79 Å². The summed E-state index contributed by atoms with van der Waals surface area (Å²) in [5, 5.41) is 0.643. The van der Waals surface area contributed by atoms with Crippen molar-refractivity contribution >= 4 is 40.5 Å². The van der Waals surface area contributed by atoms with Crippen LogP contribution < -0.4 is 0 Å². The summed E-state index contributed by atoms with van der Waals surface area (Å²) >= 11 is 9.16. The minimum absolute atomic E-state index is 0.0571. The summed E-state index contributed by atoms with van der Waals surface area (Å²) in [7, 11) is 0. The molecule has 0 spiro atoms. The number of ketones is 1. The Hall–Kier alpha value is -1.03. The van der Waals surface area contributed by atoms with Crippen LogP contribution in [0.15, 0.2) is 49.1 Å². The maximum atomic E-state index is 12.2. The quantitative estimate of drug-likeness (QED) is 0.422. The number of benzene rings is 1. The molecule has 1 aromatic heterocycles. The minimum Gasteiger partial charge on any atom is -0.288 e. The van der Waals surface area contributed by atoms with E-state index in [1.54, 1.807) is 47.4 Å². The van der Waals surface area contributed by atoms with Crippen LogP contribution in [0.3, 0.4) is 0 Å². The zero-order chi connectivity index (χ0) is 13.7. The molecule has 1 aromatic carbocycles. The molecule has 0 radical (unpaired) electrons. The van der Waals surface area contributed by atoms with Crippen LogP contribution in [-0.2, 0) is 5.75 Å². The Kier molecular flexibility index (Phi) is 5.25. The molecule has 0 bridgehead atoms. The Bertz CT molecular complexity index is 572. The van der Waals surface area contributed by atoms with Crippen LogP contribution in [0.4, 0.5) is 0 Å². The predicted octanol–water partition coefficient (Wildman–Crippen LogP) is 5.05. The van der Waals surface area contributed by atoms with Crippen LogP contribution in [0, 0.1) is 0 Å². The van der Waals surface area contributed by atoms with Crippen molar-refractivity contribution < 1.29 is 4.79 Å². The molecule has 0 aliphatic rings. The minimum atomic E-state index is 0.0571. The van der Waals surface area contributed by atoms with E-state index in [1.165, 1.54) is 4.88 Å². The molecule has 0 aliphatic heterocycles. The van der Waals surface area contributed by atoms with Crippen molar-refractivity contribution in [1.29, 1.82) is 0 Å². The molecule has 0 saturated heterocycles. The zero-order valence-corrected chi connectivity index (χ0v) is 12.7. The van der Waals surface area contributed by atoms with E-state index >= 15 is 0 Å². The Morgan fingerprint density at radius 1 is 1.26 bits per heavy atom. The third kappa shape index (κ3) is 3.96. The number of carbonyl (C=O) groups excluding carboxylic acids is 1. The van der Waals surface area contributed by atoms with Gasteiger partial charge in [0.25, 0.3) is 0 Å². The molecular formula is C15H13ClOS2. The van der Waals surface area contributed by atoms with Crippen LogP contribution in [0.2, 0.25) is 5.02 Å². The van der Waals surface area contributed by atoms with E-state index in [0.717, 1.165) is 16.4 Å². The fourth-order valence-electron chi connectivity index (χ4n) is 1.56. The van der Waals surface area contributed by atoms with Crippen molar-refractivity contribution in [3.05, 3.63) is 69.4 Å². The SMILES string of the molecule is C=CCSCc1ccc(C(=O)c2ccc(Cl)cc2)s1. The summed E-state index contributed by atoms with van der Waals surface area (Å²) in [5.41, 5.74) is 0.677. The molecule has 0 aliphatic carbocycles. The third-order valence-electron chi connectivity index (χ3n) is 2.47. The summed E-state index contributed by atoms with van der Waals surface area (Å²) in [6.45, 7) is 3.69. The predicted molar refractivity (Wildman–Crippen MR) is 85.6 cm³/mol. The Morgan fingerprint density at radius 3 is 2.68 bits per heavy atom. The van der Waals surface area contributed by atoms with Gasteiger partial charge < -0.3 is 0 Å². The van der Waals surface area contributed by atoms with Gasteiger partial charge in [0.2, 0.25) is 5.78 Å². The number of halogens is 1. The van der Waals surface area contributed by atoms with E-state index in [1.807, 2.05) is 18.2 Å². The second-order valence-corrected chi connectivity index (χ2v) is 6.54. The molecule has 0 N–H and O–H groups in total. The largest absolute Gasteiger partial charge is 0.288 e. The highest BCUT2D eigenvalue weighted by atomic mass is 35.5. The third-order valence-corrected chi connectivity index (χ3v) is 4.98. The first-order chi connectivity index (χ1) is 9.20. The second kappa shape index (κ2) is 6.94. The topological polar surface area (TPSA) is 17.1 Å². The lowest BCUT2D eigenvalue weighted by Crippen LogP contribution is -1.97. The van der Waals surface area contributed by atoms with Crippen LogP contribution in [-0.4, -0.2) is 11.5 Å². The number of thioether (sulfide) groups is 1. The zero-order valence-electron chi connectivity index (χ0n) is 10.3. The second-order valence-electron chi connectivity index (χ2n) is 3.91. The molecule has 0 unspecified atom stereocenters. The van der Waals surface area contributed by atoms with Crippen molar-refractivity contribution in [2.24, 2.45) is 0 Å². The highest BCUT2D eigenvalue weighted by Gasteiger charge is 2.11. The summed E-state index contributed by atoms with van der Waals surface area (Å²) in [4.78, 5) is 14.2. The lowest BCUT2D eigenvalue weighted by atomic mass is 10.1. The molecule has 1 heterocycles. The normalized spacial score (nSPS) is 10.4. The van der Waals surface area contributed by atoms with Gasteiger partial charge in [0, 0.05) is 27.0 Å². The van der Waals surface area contributed by atoms with Crippen molar-refractivity contribution in [3.8, 4) is 0 Å². The average Bonchev–Trinajstić information content (AvgIpc) is 2.88. The van der Waals surface area contributed by atoms with Crippen molar-refractivity contribution in [2.45, 2.75) is 5.75 Å². The average molecular weight is 309 g/mol. The lowest BCUT2D eigenvalue weighted by Gasteiger charge is -1.98. The molecule has 0 atom stereocenters. The van der Waals surface area contributed by atoms with Gasteiger partial charge in [0.15, 0.2) is 0 Å². The van der Waals surface area contributed by atoms with Crippen LogP contribution >= 0.6 is 34.7 Å². The number of rotatable bonds is 6. The van der Waals surface area contributed by atoms with Gasteiger partial charge in [-0.1, -0.05) is 17.7 Å². The van der Waals surface area contributed by atoms with E-state index < -0.39 is 0 Å². The molecule has 2 aromatic rings. The summed E-state index contributed by atoms with van der Waals surface area (Å²) < 4.78 is 0. The number of hydrogen-bond donors (Lipinski definition) is 0. The fourth-order valence-corrected chi connectivity index (χ4v) is 3.52. The van der Waals surface area contributed by atoms with Crippen LogP contribution in [0.5, 0.6) is 0 Å². The Morgan fingerprint density at radius 2 is 2.00 bits per heavy atom. The maximum absolute atomic E-state index is 12.2. The van der Waals surface area contributed by atoms with Gasteiger partial charge in [-0.15, -0.1) is 17.9 Å². The maximum Gasteiger partial charge on any atom is 0.202 e. The van der Waals surface area contributed by atoms with Gasteiger partial charge in [0.05, 0.1) is 4.88 Å². The molecule has 0 saturated carbocycles. The number of hydrogen-bond acceptors (Lipinski definition) is 3. The monoisotopic (exact) mass is 308 g/mol. The highest BCUT2D eigenvalue weighted by molar-refractivity contribution is 7.98. The van der Waals surface area contributed by atoms with E-state index in [2.05, 4.69) is 6.58 Å². The summed E-state index contributed by atoms with van der Waals surface area (Å²) in [6.07, 6.45) is 1.89. The van der Waals surface area contributed by atoms with Crippen molar-refractivity contribution in [2.75, 3.05) is 5.75 Å². The van der Waals surface area contributed by atoms with Crippen molar-refractivity contribution in [1.82, 2.24) is 0 Å². The smallest absolute Gasteiger partial charge is 0.202 e. The summed E-state index contributed by atoms with van der Waals surface area (Å²) in [5.74, 6) is 1.91. The lowest BCUT2D eigenvalue weighted by molar-refractivity contribution is 0.104. The van der Waals surface area contributed by atoms with E-state index in [0.29, 0.717) is 10.6 Å². The summed E-state index contributed by atoms with van der Waals surface area (Å²) in [6, 6.07) is 10.9. The molecular weight excluding hydrogens is 296 g/mol. The van der Waals surface area contributed by atoms with Gasteiger partial charge in [0.1, 0.15) is 0 Å². The molecule has 1 nitrogen and oxygen atoms in total. The fraction of sp³-hybridized carbons (Fsp3) is 0.133. The van der Waals surface area contributed by atoms with Gasteiger partial charge in [-0.3, -0.25) is 4.79 Å². The number of carbonyl (C=O) groups is 1. The number of thiophene rings is 1. The van der Waals surface area contributed by atoms with E-state index in [4.69, 9.17) is 11.6 Å². The van der Waals surface area contributed by atoms with E-state index in [-0.39, 0.29) is 5.78 Å². The first-order valence-electron chi connectivity index (χ1n) is 5.78. The van der Waals surface area contributed by atoms with Crippen molar-refractivity contribution in [3.63, 3.8) is 0 Å². The van der Waals surface area contributed by atoms with Gasteiger partial charge in [-0.05, 0) is 36.4 Å². The van der Waals surface area contributed by atoms with Gasteiger partial charge in [-0.2, -0.15) is 11.8 Å². The first kappa shape index (κ1) is 14.4. The van der Waals surface area contributed by atoms with Gasteiger partial charge >= 0.3 is 0 Å². The Balaban J connectivity index is 2.07. The molecule has 98 valence electrons. The molecule has 0 amide bonds. The standard InChI is InChI=1S/C15H13ClOS2/c1-2-9-18-10-13-7-8-14(19-13)15(17)11-3-5-12(16)6-4-11/h2-8H,1,9-10H2. The van der Waals surface area contributed by atoms with Gasteiger partial charge in [-0.25, -0.2) is 0 Å². The molecule has 19 heavy (non-hydrogen) atoms. The highest BCUT2D eigenvalue weighted by Crippen LogP contribution is 2.24. The molecule has 0 fully saturated rings. The van der Waals surface area contributed by atoms with Crippen LogP contribution in [0.1, 0.15) is 20.1 Å². The molecule has 4 heteroatoms. The Labute approximate surface area is 126 Å². The van der Waals surface area contributed by atoms with Crippen LogP contribution in [0.25, 0.3) is 0 Å².